The van der Waals surface area contributed by atoms with Gasteiger partial charge in [-0.15, -0.1) is 0 Å². The van der Waals surface area contributed by atoms with E-state index in [9.17, 15) is 9.59 Å². The number of nitrogens with one attached hydrogen (secondary N) is 2. The monoisotopic (exact) mass is 310 g/mol. The molecule has 6 heteroatoms. The van der Waals surface area contributed by atoms with Gasteiger partial charge in [-0.1, -0.05) is 11.6 Å². The number of rotatable bonds is 6. The number of hydrogen-bond acceptors (Lipinski definition) is 3. The van der Waals surface area contributed by atoms with E-state index in [1.807, 2.05) is 6.92 Å². The smallest absolute Gasteiger partial charge is 0.240 e. The number of carbonyl (C=O) groups is 2. The summed E-state index contributed by atoms with van der Waals surface area (Å²) < 4.78 is 4.88. The Kier molecular flexibility index (Phi) is 4.85. The van der Waals surface area contributed by atoms with Crippen LogP contribution >= 0.6 is 11.6 Å². The number of methoxy groups -OCH3 is 1. The SMILES string of the molecule is COCCNC(=O)C1(C(=O)Nc2ccc(Cl)cc2C)CC1. The molecule has 1 aromatic rings. The third kappa shape index (κ3) is 3.54. The molecule has 0 heterocycles. The summed E-state index contributed by atoms with van der Waals surface area (Å²) in [6.45, 7) is 2.70. The summed E-state index contributed by atoms with van der Waals surface area (Å²) in [6.07, 6.45) is 1.15. The summed E-state index contributed by atoms with van der Waals surface area (Å²) >= 11 is 5.89. The van der Waals surface area contributed by atoms with Gasteiger partial charge >= 0.3 is 0 Å². The van der Waals surface area contributed by atoms with Crippen molar-refractivity contribution in [2.45, 2.75) is 19.8 Å². The molecule has 0 radical (unpaired) electrons. The molecule has 114 valence electrons. The molecule has 0 bridgehead atoms. The molecule has 2 rings (SSSR count). The summed E-state index contributed by atoms with van der Waals surface area (Å²) in [5.74, 6) is -0.494. The van der Waals surface area contributed by atoms with Crippen molar-refractivity contribution in [2.24, 2.45) is 5.41 Å². The van der Waals surface area contributed by atoms with Gasteiger partial charge in [0.05, 0.1) is 6.61 Å². The van der Waals surface area contributed by atoms with Gasteiger partial charge in [-0.25, -0.2) is 0 Å². The van der Waals surface area contributed by atoms with E-state index in [4.69, 9.17) is 16.3 Å². The first-order valence-corrected chi connectivity index (χ1v) is 7.22. The molecular formula is C15H19ClN2O3. The fourth-order valence-corrected chi connectivity index (χ4v) is 2.35. The fourth-order valence-electron chi connectivity index (χ4n) is 2.13. The molecule has 0 saturated heterocycles. The van der Waals surface area contributed by atoms with E-state index in [-0.39, 0.29) is 11.8 Å². The Morgan fingerprint density at radius 1 is 1.33 bits per heavy atom. The van der Waals surface area contributed by atoms with Crippen molar-refractivity contribution in [1.29, 1.82) is 0 Å². The van der Waals surface area contributed by atoms with Crippen molar-refractivity contribution in [2.75, 3.05) is 25.6 Å². The number of aryl methyl sites for hydroxylation is 1. The molecule has 1 aromatic carbocycles. The van der Waals surface area contributed by atoms with Gasteiger partial charge in [0.15, 0.2) is 0 Å². The van der Waals surface area contributed by atoms with E-state index in [1.54, 1.807) is 25.3 Å². The second-order valence-corrected chi connectivity index (χ2v) is 5.68. The van der Waals surface area contributed by atoms with Gasteiger partial charge in [-0.3, -0.25) is 9.59 Å². The Balaban J connectivity index is 2.00. The lowest BCUT2D eigenvalue weighted by molar-refractivity contribution is -0.134. The zero-order chi connectivity index (χ0) is 15.5. The first kappa shape index (κ1) is 15.8. The summed E-state index contributed by atoms with van der Waals surface area (Å²) in [7, 11) is 1.56. The number of ether oxygens (including phenoxy) is 1. The number of carbonyl (C=O) groups excluding carboxylic acids is 2. The standard InChI is InChI=1S/C15H19ClN2O3/c1-10-9-11(16)3-4-12(10)18-14(20)15(5-6-15)13(19)17-7-8-21-2/h3-4,9H,5-8H2,1-2H3,(H,17,19)(H,18,20). The Morgan fingerprint density at radius 2 is 2.05 bits per heavy atom. The second-order valence-electron chi connectivity index (χ2n) is 5.24. The molecular weight excluding hydrogens is 292 g/mol. The van der Waals surface area contributed by atoms with Crippen LogP contribution in [0.5, 0.6) is 0 Å². The number of hydrogen-bond donors (Lipinski definition) is 2. The van der Waals surface area contributed by atoms with Gasteiger partial charge < -0.3 is 15.4 Å². The lowest BCUT2D eigenvalue weighted by Crippen LogP contribution is -2.41. The Hall–Kier alpha value is -1.59. The number of halogens is 1. The quantitative estimate of drug-likeness (QED) is 0.625. The lowest BCUT2D eigenvalue weighted by Gasteiger charge is -2.16. The van der Waals surface area contributed by atoms with Gasteiger partial charge in [0.2, 0.25) is 11.8 Å². The lowest BCUT2D eigenvalue weighted by atomic mass is 10.0. The van der Waals surface area contributed by atoms with Gasteiger partial charge in [0, 0.05) is 24.4 Å². The maximum atomic E-state index is 12.4. The maximum absolute atomic E-state index is 12.4. The van der Waals surface area contributed by atoms with Gasteiger partial charge in [-0.05, 0) is 43.5 Å². The van der Waals surface area contributed by atoms with Crippen LogP contribution in [-0.4, -0.2) is 32.1 Å². The number of benzene rings is 1. The van der Waals surface area contributed by atoms with Crippen LogP contribution in [0.25, 0.3) is 0 Å². The third-order valence-electron chi connectivity index (χ3n) is 3.65. The van der Waals surface area contributed by atoms with Crippen molar-refractivity contribution < 1.29 is 14.3 Å². The summed E-state index contributed by atoms with van der Waals surface area (Å²) in [5.41, 5.74) is 0.617. The van der Waals surface area contributed by atoms with Crippen LogP contribution in [0.15, 0.2) is 18.2 Å². The molecule has 0 spiro atoms. The van der Waals surface area contributed by atoms with Crippen LogP contribution in [0.3, 0.4) is 0 Å². The van der Waals surface area contributed by atoms with Crippen molar-refractivity contribution in [3.8, 4) is 0 Å². The van der Waals surface area contributed by atoms with E-state index >= 15 is 0 Å². The minimum Gasteiger partial charge on any atom is -0.383 e. The van der Waals surface area contributed by atoms with Crippen LogP contribution in [0.1, 0.15) is 18.4 Å². The van der Waals surface area contributed by atoms with Crippen molar-refractivity contribution in [3.63, 3.8) is 0 Å². The highest BCUT2D eigenvalue weighted by molar-refractivity contribution is 6.30. The van der Waals surface area contributed by atoms with E-state index < -0.39 is 5.41 Å². The molecule has 2 N–H and O–H groups in total. The summed E-state index contributed by atoms with van der Waals surface area (Å²) in [6, 6.07) is 5.23. The topological polar surface area (TPSA) is 67.4 Å². The molecule has 1 aliphatic carbocycles. The predicted molar refractivity (Wildman–Crippen MR) is 81.4 cm³/mol. The molecule has 0 aromatic heterocycles. The van der Waals surface area contributed by atoms with Gasteiger partial charge in [-0.2, -0.15) is 0 Å². The van der Waals surface area contributed by atoms with Crippen molar-refractivity contribution >= 4 is 29.1 Å². The minimum absolute atomic E-state index is 0.233. The summed E-state index contributed by atoms with van der Waals surface area (Å²) in [5, 5.41) is 6.17. The number of amides is 2. The van der Waals surface area contributed by atoms with Crippen LogP contribution in [0.2, 0.25) is 5.02 Å². The highest BCUT2D eigenvalue weighted by Gasteiger charge is 2.56. The first-order valence-electron chi connectivity index (χ1n) is 6.84. The van der Waals surface area contributed by atoms with Gasteiger partial charge in [0.25, 0.3) is 0 Å². The first-order chi connectivity index (χ1) is 9.99. The maximum Gasteiger partial charge on any atom is 0.240 e. The minimum atomic E-state index is -0.931. The molecule has 5 nitrogen and oxygen atoms in total. The van der Waals surface area contributed by atoms with Crippen LogP contribution in [0, 0.1) is 12.3 Å². The molecule has 21 heavy (non-hydrogen) atoms. The largest absolute Gasteiger partial charge is 0.383 e. The normalized spacial score (nSPS) is 15.4. The molecule has 0 atom stereocenters. The average Bonchev–Trinajstić information content (AvgIpc) is 3.23. The molecule has 1 aliphatic rings. The zero-order valence-corrected chi connectivity index (χ0v) is 12.9. The molecule has 0 unspecified atom stereocenters. The Morgan fingerprint density at radius 3 is 2.62 bits per heavy atom. The highest BCUT2D eigenvalue weighted by atomic mass is 35.5. The number of anilines is 1. The van der Waals surface area contributed by atoms with Crippen molar-refractivity contribution in [3.05, 3.63) is 28.8 Å². The van der Waals surface area contributed by atoms with E-state index in [1.165, 1.54) is 0 Å². The Bertz CT molecular complexity index is 556. The van der Waals surface area contributed by atoms with Crippen LogP contribution in [-0.2, 0) is 14.3 Å². The molecule has 0 aliphatic heterocycles. The predicted octanol–water partition coefficient (Wildman–Crippen LogP) is 2.13. The highest BCUT2D eigenvalue weighted by Crippen LogP contribution is 2.47. The summed E-state index contributed by atoms with van der Waals surface area (Å²) in [4.78, 5) is 24.5. The molecule has 2 amide bonds. The van der Waals surface area contributed by atoms with Gasteiger partial charge in [0.1, 0.15) is 5.41 Å². The second kappa shape index (κ2) is 6.45. The average molecular weight is 311 g/mol. The van der Waals surface area contributed by atoms with E-state index in [0.29, 0.717) is 36.7 Å². The third-order valence-corrected chi connectivity index (χ3v) is 3.88. The van der Waals surface area contributed by atoms with Crippen LogP contribution in [0.4, 0.5) is 5.69 Å². The van der Waals surface area contributed by atoms with Crippen molar-refractivity contribution in [1.82, 2.24) is 5.32 Å². The zero-order valence-electron chi connectivity index (χ0n) is 12.2. The molecule has 1 fully saturated rings. The molecule has 1 saturated carbocycles. The van der Waals surface area contributed by atoms with E-state index in [2.05, 4.69) is 10.6 Å². The van der Waals surface area contributed by atoms with Crippen LogP contribution < -0.4 is 10.6 Å². The fraction of sp³-hybridized carbons (Fsp3) is 0.467. The van der Waals surface area contributed by atoms with E-state index in [0.717, 1.165) is 5.56 Å². The Labute approximate surface area is 129 Å².